The maximum atomic E-state index is 12.0. The Morgan fingerprint density at radius 3 is 2.59 bits per heavy atom. The molecule has 0 unspecified atom stereocenters. The number of nitrogens with one attached hydrogen (secondary N) is 1. The molecule has 0 aromatic heterocycles. The zero-order valence-electron chi connectivity index (χ0n) is 13.4. The first-order valence-electron chi connectivity index (χ1n) is 7.54. The molecular formula is C19H23NOS. The third-order valence-corrected chi connectivity index (χ3v) is 4.65. The first-order valence-corrected chi connectivity index (χ1v) is 8.70. The summed E-state index contributed by atoms with van der Waals surface area (Å²) in [6.45, 7) is 6.23. The van der Waals surface area contributed by atoms with Gasteiger partial charge in [-0.15, -0.1) is 11.8 Å². The molecule has 1 N–H and O–H groups in total. The van der Waals surface area contributed by atoms with Gasteiger partial charge in [-0.2, -0.15) is 0 Å². The first-order chi connectivity index (χ1) is 10.6. The van der Waals surface area contributed by atoms with Crippen molar-refractivity contribution < 1.29 is 4.79 Å². The summed E-state index contributed by atoms with van der Waals surface area (Å²) in [5.74, 6) is 1.46. The lowest BCUT2D eigenvalue weighted by Gasteiger charge is -2.14. The van der Waals surface area contributed by atoms with Crippen molar-refractivity contribution in [3.05, 3.63) is 70.8 Å². The average Bonchev–Trinajstić information content (AvgIpc) is 2.51. The molecule has 2 aromatic carbocycles. The Morgan fingerprint density at radius 2 is 1.86 bits per heavy atom. The summed E-state index contributed by atoms with van der Waals surface area (Å²) in [5, 5.41) is 3.05. The molecule has 3 heteroatoms. The average molecular weight is 313 g/mol. The van der Waals surface area contributed by atoms with Crippen molar-refractivity contribution in [3.63, 3.8) is 0 Å². The predicted molar refractivity (Wildman–Crippen MR) is 95.1 cm³/mol. The highest BCUT2D eigenvalue weighted by Crippen LogP contribution is 2.18. The highest BCUT2D eigenvalue weighted by Gasteiger charge is 2.09. The van der Waals surface area contributed by atoms with Crippen molar-refractivity contribution in [2.24, 2.45) is 0 Å². The van der Waals surface area contributed by atoms with Gasteiger partial charge in [-0.05, 0) is 37.5 Å². The fourth-order valence-corrected chi connectivity index (χ4v) is 3.22. The van der Waals surface area contributed by atoms with Crippen LogP contribution in [0.2, 0.25) is 0 Å². The van der Waals surface area contributed by atoms with Crippen molar-refractivity contribution in [1.82, 2.24) is 5.32 Å². The summed E-state index contributed by atoms with van der Waals surface area (Å²) < 4.78 is 0. The van der Waals surface area contributed by atoms with Crippen LogP contribution in [0.5, 0.6) is 0 Å². The van der Waals surface area contributed by atoms with E-state index in [0.29, 0.717) is 5.75 Å². The molecule has 22 heavy (non-hydrogen) atoms. The van der Waals surface area contributed by atoms with Gasteiger partial charge < -0.3 is 5.32 Å². The van der Waals surface area contributed by atoms with Gasteiger partial charge in [-0.3, -0.25) is 4.79 Å². The van der Waals surface area contributed by atoms with Crippen LogP contribution in [0.3, 0.4) is 0 Å². The van der Waals surface area contributed by atoms with Gasteiger partial charge in [0.25, 0.3) is 0 Å². The summed E-state index contributed by atoms with van der Waals surface area (Å²) in [6.07, 6.45) is 0. The van der Waals surface area contributed by atoms with Gasteiger partial charge in [0, 0.05) is 5.75 Å². The number of hydrogen-bond donors (Lipinski definition) is 1. The largest absolute Gasteiger partial charge is 0.349 e. The Balaban J connectivity index is 1.79. The number of rotatable bonds is 6. The summed E-state index contributed by atoms with van der Waals surface area (Å²) in [4.78, 5) is 12.0. The third-order valence-electron chi connectivity index (χ3n) is 3.67. The van der Waals surface area contributed by atoms with E-state index >= 15 is 0 Å². The van der Waals surface area contributed by atoms with Crippen molar-refractivity contribution in [3.8, 4) is 0 Å². The topological polar surface area (TPSA) is 29.1 Å². The van der Waals surface area contributed by atoms with Crippen LogP contribution in [0.15, 0.2) is 48.5 Å². The number of amides is 1. The van der Waals surface area contributed by atoms with E-state index in [9.17, 15) is 4.79 Å². The summed E-state index contributed by atoms with van der Waals surface area (Å²) in [5.41, 5.74) is 5.00. The van der Waals surface area contributed by atoms with Crippen molar-refractivity contribution in [2.45, 2.75) is 32.6 Å². The van der Waals surface area contributed by atoms with E-state index in [1.54, 1.807) is 11.8 Å². The number of thioether (sulfide) groups is 1. The number of carbonyl (C=O) groups is 1. The van der Waals surface area contributed by atoms with E-state index in [4.69, 9.17) is 0 Å². The highest BCUT2D eigenvalue weighted by molar-refractivity contribution is 7.99. The lowest BCUT2D eigenvalue weighted by molar-refractivity contribution is -0.119. The zero-order valence-corrected chi connectivity index (χ0v) is 14.2. The van der Waals surface area contributed by atoms with Crippen molar-refractivity contribution in [1.29, 1.82) is 0 Å². The van der Waals surface area contributed by atoms with Gasteiger partial charge in [0.2, 0.25) is 5.91 Å². The Bertz CT molecular complexity index is 625. The predicted octanol–water partition coefficient (Wildman–Crippen LogP) is 4.41. The molecular weight excluding hydrogens is 290 g/mol. The number of benzene rings is 2. The van der Waals surface area contributed by atoms with Gasteiger partial charge in [-0.25, -0.2) is 0 Å². The van der Waals surface area contributed by atoms with E-state index in [-0.39, 0.29) is 11.9 Å². The van der Waals surface area contributed by atoms with E-state index in [2.05, 4.69) is 37.4 Å². The van der Waals surface area contributed by atoms with Gasteiger partial charge in [0.15, 0.2) is 0 Å². The highest BCUT2D eigenvalue weighted by atomic mass is 32.2. The Morgan fingerprint density at radius 1 is 1.14 bits per heavy atom. The molecule has 2 rings (SSSR count). The molecule has 0 fully saturated rings. The van der Waals surface area contributed by atoms with E-state index in [1.807, 2.05) is 37.3 Å². The van der Waals surface area contributed by atoms with E-state index in [1.165, 1.54) is 16.7 Å². The van der Waals surface area contributed by atoms with Crippen molar-refractivity contribution in [2.75, 3.05) is 5.75 Å². The molecule has 1 amide bonds. The van der Waals surface area contributed by atoms with Crippen LogP contribution >= 0.6 is 11.8 Å². The molecule has 0 radical (unpaired) electrons. The third kappa shape index (κ3) is 4.92. The van der Waals surface area contributed by atoms with Crippen LogP contribution in [-0.2, 0) is 10.5 Å². The van der Waals surface area contributed by atoms with Crippen LogP contribution in [0.25, 0.3) is 0 Å². The molecule has 0 heterocycles. The summed E-state index contributed by atoms with van der Waals surface area (Å²) in [7, 11) is 0. The lowest BCUT2D eigenvalue weighted by Crippen LogP contribution is -2.28. The maximum absolute atomic E-state index is 12.0. The Hall–Kier alpha value is -1.74. The minimum atomic E-state index is 0.0509. The number of carbonyl (C=O) groups excluding carboxylic acids is 1. The zero-order chi connectivity index (χ0) is 15.9. The summed E-state index contributed by atoms with van der Waals surface area (Å²) in [6, 6.07) is 16.6. The van der Waals surface area contributed by atoms with Gasteiger partial charge in [0.05, 0.1) is 11.8 Å². The molecule has 0 saturated heterocycles. The van der Waals surface area contributed by atoms with Crippen molar-refractivity contribution >= 4 is 17.7 Å². The molecule has 0 bridgehead atoms. The van der Waals surface area contributed by atoms with Gasteiger partial charge >= 0.3 is 0 Å². The van der Waals surface area contributed by atoms with Crippen LogP contribution < -0.4 is 5.32 Å². The molecule has 0 spiro atoms. The summed E-state index contributed by atoms with van der Waals surface area (Å²) >= 11 is 1.66. The lowest BCUT2D eigenvalue weighted by atomic mass is 10.1. The fraction of sp³-hybridized carbons (Fsp3) is 0.316. The molecule has 0 saturated carbocycles. The molecule has 0 aliphatic rings. The molecule has 2 nitrogen and oxygen atoms in total. The molecule has 0 aliphatic heterocycles. The molecule has 1 atom stereocenters. The Kier molecular flexibility index (Phi) is 6.08. The number of aryl methyl sites for hydroxylation is 2. The van der Waals surface area contributed by atoms with Gasteiger partial charge in [-0.1, -0.05) is 54.1 Å². The second kappa shape index (κ2) is 8.04. The monoisotopic (exact) mass is 313 g/mol. The smallest absolute Gasteiger partial charge is 0.230 e. The first kappa shape index (κ1) is 16.6. The van der Waals surface area contributed by atoms with Crippen LogP contribution in [0, 0.1) is 13.8 Å². The second-order valence-corrected chi connectivity index (χ2v) is 6.61. The van der Waals surface area contributed by atoms with Crippen LogP contribution in [0.1, 0.15) is 35.2 Å². The SMILES string of the molecule is Cc1ccc(C)c(CSCC(=O)N[C@H](C)c2ccccc2)c1. The minimum Gasteiger partial charge on any atom is -0.349 e. The quantitative estimate of drug-likeness (QED) is 0.855. The Labute approximate surface area is 137 Å². The van der Waals surface area contributed by atoms with E-state index < -0.39 is 0 Å². The second-order valence-electron chi connectivity index (χ2n) is 5.62. The maximum Gasteiger partial charge on any atom is 0.230 e. The van der Waals surface area contributed by atoms with E-state index in [0.717, 1.165) is 11.3 Å². The fourth-order valence-electron chi connectivity index (χ4n) is 2.32. The van der Waals surface area contributed by atoms with Crippen LogP contribution in [0.4, 0.5) is 0 Å². The standard InChI is InChI=1S/C19H23NOS/c1-14-9-10-15(2)18(11-14)12-22-13-19(21)20-16(3)17-7-5-4-6-8-17/h4-11,16H,12-13H2,1-3H3,(H,20,21)/t16-/m1/s1. The molecule has 2 aromatic rings. The molecule has 0 aliphatic carbocycles. The number of hydrogen-bond acceptors (Lipinski definition) is 2. The molecule has 116 valence electrons. The van der Waals surface area contributed by atoms with Gasteiger partial charge in [0.1, 0.15) is 0 Å². The minimum absolute atomic E-state index is 0.0509. The normalized spacial score (nSPS) is 12.0. The van der Waals surface area contributed by atoms with Crippen LogP contribution in [-0.4, -0.2) is 11.7 Å².